The van der Waals surface area contributed by atoms with Gasteiger partial charge in [-0.15, -0.1) is 0 Å². The highest BCUT2D eigenvalue weighted by atomic mass is 79.9. The smallest absolute Gasteiger partial charge is 0.338 e. The van der Waals surface area contributed by atoms with Crippen molar-refractivity contribution >= 4 is 39.3 Å². The second kappa shape index (κ2) is 13.6. The average molecular weight is 682 g/mol. The summed E-state index contributed by atoms with van der Waals surface area (Å²) in [5.41, 5.74) is 2.02. The molecule has 4 aromatic rings. The van der Waals surface area contributed by atoms with Crippen LogP contribution in [0.25, 0.3) is 6.08 Å². The Morgan fingerprint density at radius 3 is 2.52 bits per heavy atom. The molecule has 0 fully saturated rings. The topological polar surface area (TPSA) is 88.4 Å². The normalized spacial score (nSPS) is 14.6. The number of hydrogen-bond acceptors (Lipinski definition) is 8. The molecule has 0 aliphatic carbocycles. The van der Waals surface area contributed by atoms with Crippen molar-refractivity contribution in [1.29, 1.82) is 0 Å². The van der Waals surface area contributed by atoms with Crippen molar-refractivity contribution in [2.75, 3.05) is 20.3 Å². The molecule has 0 saturated carbocycles. The summed E-state index contributed by atoms with van der Waals surface area (Å²) in [5, 5.41) is 0. The molecular weight excluding hydrogens is 651 g/mol. The monoisotopic (exact) mass is 680 g/mol. The summed E-state index contributed by atoms with van der Waals surface area (Å²) in [7, 11) is 1.51. The highest BCUT2D eigenvalue weighted by Gasteiger charge is 2.33. The van der Waals surface area contributed by atoms with Gasteiger partial charge in [-0.2, -0.15) is 0 Å². The van der Waals surface area contributed by atoms with Gasteiger partial charge < -0.3 is 18.9 Å². The fourth-order valence-electron chi connectivity index (χ4n) is 4.93. The maximum Gasteiger partial charge on any atom is 0.338 e. The van der Waals surface area contributed by atoms with Gasteiger partial charge in [0.15, 0.2) is 16.3 Å². The SMILES string of the molecule is CCOC(=O)C1=C(C)N=c2s/c(=C\c3cc(Br)cc(OC)c3OCc3ccccc3F)c(=O)n2[C@H]1c1ccc(OCC)cc1. The molecule has 8 nitrogen and oxygen atoms in total. The number of rotatable bonds is 10. The number of carbonyl (C=O) groups excluding carboxylic acids is 1. The van der Waals surface area contributed by atoms with Gasteiger partial charge in [0, 0.05) is 15.6 Å². The standard InChI is InChI=1S/C33H30BrFN2O6S/c1-5-41-24-13-11-20(12-14-24)29-28(32(39)42-6-2)19(3)36-33-37(29)31(38)27(44-33)16-22-15-23(34)17-26(40-4)30(22)43-18-21-9-7-8-10-25(21)35/h7-17,29H,5-6,18H2,1-4H3/b27-16-/t29-/m0/s1. The molecule has 0 radical (unpaired) electrons. The first-order valence-corrected chi connectivity index (χ1v) is 15.5. The van der Waals surface area contributed by atoms with Crippen molar-refractivity contribution in [1.82, 2.24) is 4.57 Å². The molecule has 44 heavy (non-hydrogen) atoms. The average Bonchev–Trinajstić information content (AvgIpc) is 3.30. The van der Waals surface area contributed by atoms with E-state index in [9.17, 15) is 14.0 Å². The lowest BCUT2D eigenvalue weighted by Gasteiger charge is -2.24. The van der Waals surface area contributed by atoms with E-state index in [2.05, 4.69) is 20.9 Å². The maximum atomic E-state index is 14.4. The fraction of sp³-hybridized carbons (Fsp3) is 0.242. The fourth-order valence-corrected chi connectivity index (χ4v) is 6.42. The minimum Gasteiger partial charge on any atom is -0.494 e. The number of aromatic nitrogens is 1. The number of nitrogens with zero attached hydrogens (tertiary/aromatic N) is 2. The summed E-state index contributed by atoms with van der Waals surface area (Å²) in [4.78, 5) is 32.4. The zero-order valence-electron chi connectivity index (χ0n) is 24.6. The van der Waals surface area contributed by atoms with Crippen LogP contribution in [0.15, 0.2) is 86.2 Å². The van der Waals surface area contributed by atoms with Crippen molar-refractivity contribution in [3.8, 4) is 17.2 Å². The summed E-state index contributed by atoms with van der Waals surface area (Å²) in [5.74, 6) is 0.496. The molecule has 0 spiro atoms. The van der Waals surface area contributed by atoms with Crippen LogP contribution in [0.3, 0.4) is 0 Å². The van der Waals surface area contributed by atoms with E-state index in [1.54, 1.807) is 62.4 Å². The van der Waals surface area contributed by atoms with Crippen LogP contribution in [0.5, 0.6) is 17.2 Å². The third kappa shape index (κ3) is 6.34. The predicted octanol–water partition coefficient (Wildman–Crippen LogP) is 5.69. The van der Waals surface area contributed by atoms with Crippen molar-refractivity contribution in [3.63, 3.8) is 0 Å². The van der Waals surface area contributed by atoms with Crippen LogP contribution in [0.2, 0.25) is 0 Å². The number of esters is 1. The molecular formula is C33H30BrFN2O6S. The Balaban J connectivity index is 1.66. The Kier molecular flexibility index (Phi) is 9.65. The van der Waals surface area contributed by atoms with Gasteiger partial charge in [0.05, 0.1) is 42.2 Å². The second-order valence-electron chi connectivity index (χ2n) is 9.71. The molecule has 0 saturated heterocycles. The third-order valence-electron chi connectivity index (χ3n) is 6.91. The molecule has 0 unspecified atom stereocenters. The number of thiazole rings is 1. The van der Waals surface area contributed by atoms with E-state index in [1.807, 2.05) is 19.1 Å². The lowest BCUT2D eigenvalue weighted by atomic mass is 9.96. The van der Waals surface area contributed by atoms with Gasteiger partial charge in [-0.1, -0.05) is 57.6 Å². The third-order valence-corrected chi connectivity index (χ3v) is 8.35. The minimum absolute atomic E-state index is 0.0490. The van der Waals surface area contributed by atoms with Gasteiger partial charge in [0.2, 0.25) is 0 Å². The van der Waals surface area contributed by atoms with Crippen molar-refractivity contribution in [2.24, 2.45) is 4.99 Å². The van der Waals surface area contributed by atoms with Crippen molar-refractivity contribution in [2.45, 2.75) is 33.4 Å². The van der Waals surface area contributed by atoms with E-state index in [0.717, 1.165) is 0 Å². The van der Waals surface area contributed by atoms with Gasteiger partial charge in [0.1, 0.15) is 18.2 Å². The van der Waals surface area contributed by atoms with E-state index in [4.69, 9.17) is 18.9 Å². The molecule has 5 rings (SSSR count). The number of allylic oxidation sites excluding steroid dienone is 1. The zero-order chi connectivity index (χ0) is 31.4. The number of hydrogen-bond donors (Lipinski definition) is 0. The van der Waals surface area contributed by atoms with Crippen LogP contribution < -0.4 is 29.1 Å². The second-order valence-corrected chi connectivity index (χ2v) is 11.6. The number of methoxy groups -OCH3 is 1. The first-order valence-electron chi connectivity index (χ1n) is 13.9. The molecule has 1 atom stereocenters. The summed E-state index contributed by atoms with van der Waals surface area (Å²) in [6, 6.07) is 16.4. The molecule has 2 heterocycles. The highest BCUT2D eigenvalue weighted by Crippen LogP contribution is 2.36. The maximum absolute atomic E-state index is 14.4. The Morgan fingerprint density at radius 2 is 1.84 bits per heavy atom. The van der Waals surface area contributed by atoms with Crippen LogP contribution in [0.4, 0.5) is 4.39 Å². The zero-order valence-corrected chi connectivity index (χ0v) is 27.0. The molecule has 3 aromatic carbocycles. The van der Waals surface area contributed by atoms with E-state index in [0.29, 0.717) is 60.0 Å². The van der Waals surface area contributed by atoms with E-state index >= 15 is 0 Å². The summed E-state index contributed by atoms with van der Waals surface area (Å²) >= 11 is 4.69. The molecule has 228 valence electrons. The molecule has 1 aliphatic rings. The van der Waals surface area contributed by atoms with E-state index in [-0.39, 0.29) is 30.2 Å². The number of fused-ring (bicyclic) bond motifs is 1. The van der Waals surface area contributed by atoms with Gasteiger partial charge in [0.25, 0.3) is 5.56 Å². The Bertz CT molecular complexity index is 1920. The minimum atomic E-state index is -0.767. The number of benzene rings is 3. The van der Waals surface area contributed by atoms with Gasteiger partial charge >= 0.3 is 5.97 Å². The molecule has 1 aromatic heterocycles. The van der Waals surface area contributed by atoms with Crippen molar-refractivity contribution < 1.29 is 28.1 Å². The largest absolute Gasteiger partial charge is 0.494 e. The molecule has 11 heteroatoms. The number of ether oxygens (including phenoxy) is 4. The first kappa shape index (κ1) is 31.2. The molecule has 0 N–H and O–H groups in total. The lowest BCUT2D eigenvalue weighted by molar-refractivity contribution is -0.139. The van der Waals surface area contributed by atoms with Crippen LogP contribution in [-0.2, 0) is 16.1 Å². The van der Waals surface area contributed by atoms with E-state index in [1.165, 1.54) is 29.1 Å². The summed E-state index contributed by atoms with van der Waals surface area (Å²) < 4.78 is 39.6. The van der Waals surface area contributed by atoms with Gasteiger partial charge in [-0.3, -0.25) is 9.36 Å². The Morgan fingerprint density at radius 1 is 1.09 bits per heavy atom. The molecule has 1 aliphatic heterocycles. The lowest BCUT2D eigenvalue weighted by Crippen LogP contribution is -2.39. The van der Waals surface area contributed by atoms with Crippen LogP contribution in [-0.4, -0.2) is 30.9 Å². The summed E-state index contributed by atoms with van der Waals surface area (Å²) in [6.45, 7) is 6.00. The summed E-state index contributed by atoms with van der Waals surface area (Å²) in [6.07, 6.45) is 1.69. The van der Waals surface area contributed by atoms with Crippen LogP contribution >= 0.6 is 27.3 Å². The first-order chi connectivity index (χ1) is 21.2. The molecule has 0 amide bonds. The quantitative estimate of drug-likeness (QED) is 0.200. The van der Waals surface area contributed by atoms with Crippen molar-refractivity contribution in [3.05, 3.63) is 119 Å². The van der Waals surface area contributed by atoms with Crippen LogP contribution in [0, 0.1) is 5.82 Å². The van der Waals surface area contributed by atoms with E-state index < -0.39 is 12.0 Å². The highest BCUT2D eigenvalue weighted by molar-refractivity contribution is 9.10. The Labute approximate surface area is 265 Å². The number of halogens is 2. The predicted molar refractivity (Wildman–Crippen MR) is 169 cm³/mol. The molecule has 0 bridgehead atoms. The van der Waals surface area contributed by atoms with Gasteiger partial charge in [-0.25, -0.2) is 14.2 Å². The van der Waals surface area contributed by atoms with Crippen LogP contribution in [0.1, 0.15) is 43.5 Å². The number of carbonyl (C=O) groups is 1. The van der Waals surface area contributed by atoms with Gasteiger partial charge in [-0.05, 0) is 62.7 Å². The Hall–Kier alpha value is -4.22.